The van der Waals surface area contributed by atoms with Crippen molar-refractivity contribution < 1.29 is 14.5 Å². The molecule has 31 heavy (non-hydrogen) atoms. The maximum atomic E-state index is 13.1. The van der Waals surface area contributed by atoms with Crippen molar-refractivity contribution in [2.45, 2.75) is 37.8 Å². The number of nitrogens with one attached hydrogen (secondary N) is 2. The molecule has 0 fully saturated rings. The molecule has 0 heterocycles. The lowest BCUT2D eigenvalue weighted by Crippen LogP contribution is -2.48. The van der Waals surface area contributed by atoms with E-state index in [4.69, 9.17) is 11.6 Å². The Balaban J connectivity index is 1.74. The van der Waals surface area contributed by atoms with Gasteiger partial charge in [0.05, 0.1) is 11.0 Å². The number of hydrogen-bond donors (Lipinski definition) is 2. The molecule has 0 saturated carbocycles. The molecule has 2 amide bonds. The van der Waals surface area contributed by atoms with Crippen molar-refractivity contribution in [1.29, 1.82) is 0 Å². The fourth-order valence-electron chi connectivity index (χ4n) is 3.72. The molecule has 0 radical (unpaired) electrons. The first-order valence-electron chi connectivity index (χ1n) is 10.0. The maximum absolute atomic E-state index is 13.1. The van der Waals surface area contributed by atoms with Crippen molar-refractivity contribution in [3.05, 3.63) is 74.3 Å². The zero-order valence-electron chi connectivity index (χ0n) is 17.1. The number of fused-ring (bicyclic) bond motifs is 1. The Labute approximate surface area is 190 Å². The molecule has 2 aromatic carbocycles. The summed E-state index contributed by atoms with van der Waals surface area (Å²) in [5.74, 6) is -0.127. The van der Waals surface area contributed by atoms with E-state index >= 15 is 0 Å². The number of carbonyl (C=O) groups excluding carboxylic acids is 2. The summed E-state index contributed by atoms with van der Waals surface area (Å²) in [5, 5.41) is 16.9. The molecule has 2 atom stereocenters. The van der Waals surface area contributed by atoms with E-state index in [1.165, 1.54) is 17.7 Å². The zero-order valence-corrected chi connectivity index (χ0v) is 18.7. The van der Waals surface area contributed by atoms with Crippen molar-refractivity contribution in [3.63, 3.8) is 0 Å². The number of halogens is 1. The third kappa shape index (κ3) is 5.77. The van der Waals surface area contributed by atoms with Gasteiger partial charge >= 0.3 is 0 Å². The second-order valence-electron chi connectivity index (χ2n) is 7.38. The summed E-state index contributed by atoms with van der Waals surface area (Å²) in [6, 6.07) is 11.1. The molecular weight excluding hydrogens is 438 g/mol. The first kappa shape index (κ1) is 23.1. The van der Waals surface area contributed by atoms with Crippen molar-refractivity contribution in [1.82, 2.24) is 10.6 Å². The van der Waals surface area contributed by atoms with Gasteiger partial charge in [0, 0.05) is 11.6 Å². The van der Waals surface area contributed by atoms with E-state index in [0.29, 0.717) is 12.2 Å². The largest absolute Gasteiger partial charge is 0.348 e. The van der Waals surface area contributed by atoms with Crippen LogP contribution < -0.4 is 10.6 Å². The number of rotatable bonds is 8. The Morgan fingerprint density at radius 2 is 2.06 bits per heavy atom. The lowest BCUT2D eigenvalue weighted by Gasteiger charge is -2.28. The highest BCUT2D eigenvalue weighted by molar-refractivity contribution is 7.98. The van der Waals surface area contributed by atoms with Crippen LogP contribution in [0.25, 0.3) is 0 Å². The second-order valence-corrected chi connectivity index (χ2v) is 8.78. The second kappa shape index (κ2) is 10.6. The Hall–Kier alpha value is -2.58. The molecule has 164 valence electrons. The van der Waals surface area contributed by atoms with Crippen LogP contribution in [0.2, 0.25) is 5.02 Å². The fraction of sp³-hybridized carbons (Fsp3) is 0.364. The van der Waals surface area contributed by atoms with E-state index in [9.17, 15) is 19.7 Å². The van der Waals surface area contributed by atoms with Crippen LogP contribution >= 0.6 is 23.4 Å². The predicted octanol–water partition coefficient (Wildman–Crippen LogP) is 4.29. The molecule has 2 aromatic rings. The predicted molar refractivity (Wildman–Crippen MR) is 123 cm³/mol. The number of benzene rings is 2. The van der Waals surface area contributed by atoms with Gasteiger partial charge in [0.2, 0.25) is 5.91 Å². The van der Waals surface area contributed by atoms with Gasteiger partial charge in [-0.3, -0.25) is 19.7 Å². The molecular formula is C22H24ClN3O4S. The number of hydrogen-bond acceptors (Lipinski definition) is 5. The van der Waals surface area contributed by atoms with Crippen LogP contribution in [0.4, 0.5) is 5.69 Å². The quantitative estimate of drug-likeness (QED) is 0.451. The van der Waals surface area contributed by atoms with Gasteiger partial charge in [-0.1, -0.05) is 35.9 Å². The molecule has 1 aliphatic carbocycles. The normalized spacial score (nSPS) is 16.1. The molecule has 0 saturated heterocycles. The molecule has 0 bridgehead atoms. The Morgan fingerprint density at radius 3 is 2.81 bits per heavy atom. The SMILES string of the molecule is CSCC[C@H](NC(=O)c1ccc(Cl)c([N+](=O)[O-])c1)C(=O)N[C@H]1CCCc2ccccc21. The summed E-state index contributed by atoms with van der Waals surface area (Å²) in [5.41, 5.74) is 2.09. The van der Waals surface area contributed by atoms with Crippen molar-refractivity contribution in [2.75, 3.05) is 12.0 Å². The van der Waals surface area contributed by atoms with Crippen LogP contribution in [-0.4, -0.2) is 34.8 Å². The van der Waals surface area contributed by atoms with E-state index in [1.54, 1.807) is 11.8 Å². The molecule has 2 N–H and O–H groups in total. The van der Waals surface area contributed by atoms with Gasteiger partial charge < -0.3 is 10.6 Å². The summed E-state index contributed by atoms with van der Waals surface area (Å²) < 4.78 is 0. The van der Waals surface area contributed by atoms with E-state index in [0.717, 1.165) is 30.9 Å². The molecule has 0 aromatic heterocycles. The average Bonchev–Trinajstić information content (AvgIpc) is 2.76. The standard InChI is InChI=1S/C22H24ClN3O4S/c1-31-12-11-19(25-21(27)15-9-10-17(23)20(13-15)26(29)30)22(28)24-18-8-4-6-14-5-2-3-7-16(14)18/h2-3,5,7,9-10,13,18-19H,4,6,8,11-12H2,1H3,(H,24,28)(H,25,27)/t18-,19-/m0/s1. The van der Waals surface area contributed by atoms with Crippen molar-refractivity contribution in [2.24, 2.45) is 0 Å². The number of thioether (sulfide) groups is 1. The Kier molecular flexibility index (Phi) is 7.92. The Bertz CT molecular complexity index is 985. The van der Waals surface area contributed by atoms with Crippen LogP contribution in [0, 0.1) is 10.1 Å². The van der Waals surface area contributed by atoms with Crippen LogP contribution in [0.15, 0.2) is 42.5 Å². The first-order valence-corrected chi connectivity index (χ1v) is 11.8. The molecule has 0 aliphatic heterocycles. The lowest BCUT2D eigenvalue weighted by molar-refractivity contribution is -0.384. The average molecular weight is 462 g/mol. The van der Waals surface area contributed by atoms with Gasteiger partial charge in [-0.2, -0.15) is 11.8 Å². The number of nitro groups is 1. The smallest absolute Gasteiger partial charge is 0.288 e. The minimum absolute atomic E-state index is 0.0470. The summed E-state index contributed by atoms with van der Waals surface area (Å²) in [4.78, 5) is 36.3. The molecule has 0 spiro atoms. The topological polar surface area (TPSA) is 101 Å². The fourth-order valence-corrected chi connectivity index (χ4v) is 4.37. The van der Waals surface area contributed by atoms with Gasteiger partial charge in [-0.05, 0) is 61.0 Å². The summed E-state index contributed by atoms with van der Waals surface area (Å²) in [6.45, 7) is 0. The third-order valence-electron chi connectivity index (χ3n) is 5.32. The van der Waals surface area contributed by atoms with Crippen LogP contribution in [0.3, 0.4) is 0 Å². The van der Waals surface area contributed by atoms with Crippen molar-refractivity contribution in [3.8, 4) is 0 Å². The van der Waals surface area contributed by atoms with E-state index in [1.807, 2.05) is 24.5 Å². The number of nitrogens with zero attached hydrogens (tertiary/aromatic N) is 1. The maximum Gasteiger partial charge on any atom is 0.288 e. The molecule has 1 aliphatic rings. The van der Waals surface area contributed by atoms with Gasteiger partial charge in [-0.15, -0.1) is 0 Å². The highest BCUT2D eigenvalue weighted by Gasteiger charge is 2.27. The highest BCUT2D eigenvalue weighted by atomic mass is 35.5. The van der Waals surface area contributed by atoms with Gasteiger partial charge in [0.25, 0.3) is 11.6 Å². The van der Waals surface area contributed by atoms with E-state index in [2.05, 4.69) is 16.7 Å². The summed E-state index contributed by atoms with van der Waals surface area (Å²) in [7, 11) is 0. The third-order valence-corrected chi connectivity index (χ3v) is 6.29. The summed E-state index contributed by atoms with van der Waals surface area (Å²) >= 11 is 7.41. The highest BCUT2D eigenvalue weighted by Crippen LogP contribution is 2.29. The van der Waals surface area contributed by atoms with Crippen molar-refractivity contribution >= 4 is 40.9 Å². The molecule has 9 heteroatoms. The molecule has 0 unspecified atom stereocenters. The van der Waals surface area contributed by atoms with Crippen LogP contribution in [0.1, 0.15) is 46.8 Å². The minimum atomic E-state index is -0.747. The number of amides is 2. The first-order chi connectivity index (χ1) is 14.9. The van der Waals surface area contributed by atoms with Gasteiger partial charge in [-0.25, -0.2) is 0 Å². The molecule has 3 rings (SSSR count). The van der Waals surface area contributed by atoms with Gasteiger partial charge in [0.15, 0.2) is 0 Å². The molecule has 7 nitrogen and oxygen atoms in total. The summed E-state index contributed by atoms with van der Waals surface area (Å²) in [6.07, 6.45) is 5.19. The van der Waals surface area contributed by atoms with Gasteiger partial charge in [0.1, 0.15) is 11.1 Å². The van der Waals surface area contributed by atoms with Crippen LogP contribution in [-0.2, 0) is 11.2 Å². The zero-order chi connectivity index (χ0) is 22.4. The Morgan fingerprint density at radius 1 is 1.29 bits per heavy atom. The number of carbonyl (C=O) groups is 2. The number of nitro benzene ring substituents is 1. The minimum Gasteiger partial charge on any atom is -0.348 e. The number of aryl methyl sites for hydroxylation is 1. The van der Waals surface area contributed by atoms with E-state index in [-0.39, 0.29) is 28.2 Å². The lowest BCUT2D eigenvalue weighted by atomic mass is 9.87. The van der Waals surface area contributed by atoms with Crippen LogP contribution in [0.5, 0.6) is 0 Å². The van der Waals surface area contributed by atoms with E-state index < -0.39 is 16.9 Å². The monoisotopic (exact) mass is 461 g/mol.